The van der Waals surface area contributed by atoms with Crippen LogP contribution in [0.4, 0.5) is 11.9 Å². The third-order valence-electron chi connectivity index (χ3n) is 3.33. The summed E-state index contributed by atoms with van der Waals surface area (Å²) in [6, 6.07) is 0. The summed E-state index contributed by atoms with van der Waals surface area (Å²) in [6.07, 6.45) is 8.82. The second kappa shape index (κ2) is 11.5. The number of nitrogens with two attached hydrogens (primary N) is 2. The van der Waals surface area contributed by atoms with E-state index in [9.17, 15) is 0 Å². The summed E-state index contributed by atoms with van der Waals surface area (Å²) in [4.78, 5) is 14.2. The minimum Gasteiger partial charge on any atom is -0.368 e. The number of aryl methyl sites for hydroxylation is 1. The van der Waals surface area contributed by atoms with Gasteiger partial charge in [-0.3, -0.25) is 0 Å². The molecule has 0 fully saturated rings. The molecule has 0 saturated heterocycles. The molecule has 0 saturated carbocycles. The molecule has 0 aliphatic heterocycles. The lowest BCUT2D eigenvalue weighted by Crippen LogP contribution is -2.12. The van der Waals surface area contributed by atoms with Crippen molar-refractivity contribution in [2.75, 3.05) is 43.6 Å². The lowest BCUT2D eigenvalue weighted by molar-refractivity contribution is 0.389. The van der Waals surface area contributed by atoms with E-state index in [1.807, 2.05) is 11.8 Å². The molecule has 6 nitrogen and oxygen atoms in total. The molecular formula is C15H30N6S. The predicted octanol–water partition coefficient (Wildman–Crippen LogP) is 2.21. The summed E-state index contributed by atoms with van der Waals surface area (Å²) >= 11 is 1.94. The number of hydrogen-bond donors (Lipinski definition) is 2. The van der Waals surface area contributed by atoms with Crippen molar-refractivity contribution in [1.29, 1.82) is 0 Å². The maximum Gasteiger partial charge on any atom is 0.225 e. The number of rotatable bonds is 12. The topological polar surface area (TPSA) is 94.0 Å². The molecule has 0 radical (unpaired) electrons. The SMILES string of the molecule is CN(C)CCCCCCCCSCCc1nc(N)nc(N)n1. The van der Waals surface area contributed by atoms with Gasteiger partial charge in [0.1, 0.15) is 5.82 Å². The third kappa shape index (κ3) is 9.78. The molecule has 126 valence electrons. The molecule has 1 rings (SSSR count). The Morgan fingerprint density at radius 3 is 2.05 bits per heavy atom. The fourth-order valence-corrected chi connectivity index (χ4v) is 3.11. The molecule has 0 atom stereocenters. The Balaban J connectivity index is 1.91. The average Bonchev–Trinajstić information content (AvgIpc) is 2.43. The van der Waals surface area contributed by atoms with Crippen LogP contribution >= 0.6 is 11.8 Å². The minimum atomic E-state index is 0.210. The second-order valence-electron chi connectivity index (χ2n) is 5.76. The summed E-state index contributed by atoms with van der Waals surface area (Å²) in [5, 5.41) is 0. The Labute approximate surface area is 138 Å². The minimum absolute atomic E-state index is 0.210. The van der Waals surface area contributed by atoms with E-state index in [0.717, 1.165) is 12.2 Å². The van der Waals surface area contributed by atoms with Gasteiger partial charge in [-0.05, 0) is 39.2 Å². The first-order valence-electron chi connectivity index (χ1n) is 8.06. The first-order chi connectivity index (χ1) is 10.6. The summed E-state index contributed by atoms with van der Waals surface area (Å²) in [7, 11) is 4.27. The van der Waals surface area contributed by atoms with Gasteiger partial charge in [-0.1, -0.05) is 25.7 Å². The highest BCUT2D eigenvalue weighted by Crippen LogP contribution is 2.11. The van der Waals surface area contributed by atoms with Crippen molar-refractivity contribution >= 4 is 23.7 Å². The van der Waals surface area contributed by atoms with Crippen LogP contribution in [0.15, 0.2) is 0 Å². The van der Waals surface area contributed by atoms with E-state index in [1.54, 1.807) is 0 Å². The Bertz CT molecular complexity index is 393. The molecule has 1 aromatic heterocycles. The molecule has 0 spiro atoms. The lowest BCUT2D eigenvalue weighted by Gasteiger charge is -2.08. The van der Waals surface area contributed by atoms with Crippen molar-refractivity contribution in [1.82, 2.24) is 19.9 Å². The fraction of sp³-hybridized carbons (Fsp3) is 0.800. The molecule has 7 heteroatoms. The fourth-order valence-electron chi connectivity index (χ4n) is 2.17. The average molecular weight is 327 g/mol. The van der Waals surface area contributed by atoms with Crippen LogP contribution < -0.4 is 11.5 Å². The summed E-state index contributed by atoms with van der Waals surface area (Å²) in [6.45, 7) is 1.21. The van der Waals surface area contributed by atoms with Gasteiger partial charge in [0.05, 0.1) is 0 Å². The van der Waals surface area contributed by atoms with Crippen molar-refractivity contribution in [2.45, 2.75) is 44.9 Å². The molecule has 0 aliphatic rings. The number of hydrogen-bond acceptors (Lipinski definition) is 7. The van der Waals surface area contributed by atoms with Gasteiger partial charge >= 0.3 is 0 Å². The van der Waals surface area contributed by atoms with E-state index in [4.69, 9.17) is 11.5 Å². The smallest absolute Gasteiger partial charge is 0.225 e. The summed E-state index contributed by atoms with van der Waals surface area (Å²) in [5.41, 5.74) is 11.1. The molecule has 22 heavy (non-hydrogen) atoms. The molecule has 0 aromatic carbocycles. The Hall–Kier alpha value is -1.08. The number of unbranched alkanes of at least 4 members (excludes halogenated alkanes) is 5. The van der Waals surface area contributed by atoms with Gasteiger partial charge in [-0.2, -0.15) is 26.7 Å². The molecule has 4 N–H and O–H groups in total. The highest BCUT2D eigenvalue weighted by molar-refractivity contribution is 7.99. The Kier molecular flexibility index (Phi) is 9.90. The van der Waals surface area contributed by atoms with Crippen LogP contribution in [-0.4, -0.2) is 52.0 Å². The highest BCUT2D eigenvalue weighted by atomic mass is 32.2. The van der Waals surface area contributed by atoms with Gasteiger partial charge in [0.15, 0.2) is 0 Å². The van der Waals surface area contributed by atoms with E-state index in [2.05, 4.69) is 33.9 Å². The van der Waals surface area contributed by atoms with Crippen molar-refractivity contribution in [2.24, 2.45) is 0 Å². The van der Waals surface area contributed by atoms with Crippen LogP contribution in [0.2, 0.25) is 0 Å². The predicted molar refractivity (Wildman–Crippen MR) is 95.9 cm³/mol. The van der Waals surface area contributed by atoms with Gasteiger partial charge in [0.2, 0.25) is 11.9 Å². The number of nitrogen functional groups attached to an aromatic ring is 2. The Morgan fingerprint density at radius 2 is 1.41 bits per heavy atom. The molecule has 0 unspecified atom stereocenters. The van der Waals surface area contributed by atoms with Crippen LogP contribution in [0.5, 0.6) is 0 Å². The second-order valence-corrected chi connectivity index (χ2v) is 6.98. The Morgan fingerprint density at radius 1 is 0.818 bits per heavy atom. The quantitative estimate of drug-likeness (QED) is 0.569. The van der Waals surface area contributed by atoms with Gasteiger partial charge in [-0.25, -0.2) is 0 Å². The van der Waals surface area contributed by atoms with Gasteiger partial charge in [0, 0.05) is 12.2 Å². The number of nitrogens with zero attached hydrogens (tertiary/aromatic N) is 4. The largest absolute Gasteiger partial charge is 0.368 e. The first kappa shape index (κ1) is 19.0. The van der Waals surface area contributed by atoms with Crippen LogP contribution in [-0.2, 0) is 6.42 Å². The molecule has 1 heterocycles. The van der Waals surface area contributed by atoms with E-state index in [-0.39, 0.29) is 11.9 Å². The lowest BCUT2D eigenvalue weighted by atomic mass is 10.1. The van der Waals surface area contributed by atoms with E-state index in [1.165, 1.54) is 50.8 Å². The summed E-state index contributed by atoms with van der Waals surface area (Å²) < 4.78 is 0. The van der Waals surface area contributed by atoms with Gasteiger partial charge in [0.25, 0.3) is 0 Å². The van der Waals surface area contributed by atoms with E-state index < -0.39 is 0 Å². The van der Waals surface area contributed by atoms with E-state index >= 15 is 0 Å². The molecular weight excluding hydrogens is 296 g/mol. The van der Waals surface area contributed by atoms with E-state index in [0.29, 0.717) is 5.82 Å². The molecule has 1 aromatic rings. The van der Waals surface area contributed by atoms with Crippen LogP contribution in [0, 0.1) is 0 Å². The normalized spacial score (nSPS) is 11.2. The zero-order valence-electron chi connectivity index (χ0n) is 13.9. The van der Waals surface area contributed by atoms with Crippen molar-refractivity contribution in [3.63, 3.8) is 0 Å². The number of aromatic nitrogens is 3. The monoisotopic (exact) mass is 326 g/mol. The maximum atomic E-state index is 5.54. The summed E-state index contributed by atoms with van der Waals surface area (Å²) in [5.74, 6) is 3.32. The van der Waals surface area contributed by atoms with Crippen molar-refractivity contribution in [3.05, 3.63) is 5.82 Å². The van der Waals surface area contributed by atoms with Gasteiger partial charge < -0.3 is 16.4 Å². The number of anilines is 2. The zero-order chi connectivity index (χ0) is 16.2. The molecule has 0 bridgehead atoms. The zero-order valence-corrected chi connectivity index (χ0v) is 14.7. The van der Waals surface area contributed by atoms with Gasteiger partial charge in [-0.15, -0.1) is 0 Å². The van der Waals surface area contributed by atoms with Crippen molar-refractivity contribution < 1.29 is 0 Å². The molecule has 0 amide bonds. The van der Waals surface area contributed by atoms with Crippen LogP contribution in [0.1, 0.15) is 44.3 Å². The molecule has 0 aliphatic carbocycles. The first-order valence-corrected chi connectivity index (χ1v) is 9.22. The highest BCUT2D eigenvalue weighted by Gasteiger charge is 2.01. The number of thioether (sulfide) groups is 1. The standard InChI is InChI=1S/C15H30N6S/c1-21(2)10-7-5-3-4-6-8-11-22-12-9-13-18-14(16)20-15(17)19-13/h3-12H2,1-2H3,(H4,16,17,18,19,20). The third-order valence-corrected chi connectivity index (χ3v) is 4.40. The van der Waals surface area contributed by atoms with Crippen LogP contribution in [0.3, 0.4) is 0 Å². The maximum absolute atomic E-state index is 5.54. The van der Waals surface area contributed by atoms with Crippen LogP contribution in [0.25, 0.3) is 0 Å². The van der Waals surface area contributed by atoms with Crippen molar-refractivity contribution in [3.8, 4) is 0 Å².